The van der Waals surface area contributed by atoms with Gasteiger partial charge < -0.3 is 24.3 Å². The first-order valence-corrected chi connectivity index (χ1v) is 12.0. The van der Waals surface area contributed by atoms with E-state index >= 15 is 0 Å². The molecule has 0 atom stereocenters. The Balaban J connectivity index is 1.17. The number of benzene rings is 2. The van der Waals surface area contributed by atoms with Crippen LogP contribution in [0.3, 0.4) is 0 Å². The number of piperidine rings is 2. The number of hydrogen-bond acceptors (Lipinski definition) is 5. The second kappa shape index (κ2) is 9.54. The number of fused-ring (bicyclic) bond motifs is 1. The first-order valence-electron chi connectivity index (χ1n) is 12.0. The van der Waals surface area contributed by atoms with Gasteiger partial charge in [0.25, 0.3) is 5.91 Å². The number of amides is 1. The summed E-state index contributed by atoms with van der Waals surface area (Å²) in [5.41, 5.74) is 2.51. The SMILES string of the molecule is COc1ccc(C(=O)N2CCC(N3CCC(n4c(=O)[nH]c5ccccc54)CC3)CC2)cc1OC. The summed E-state index contributed by atoms with van der Waals surface area (Å²) in [5.74, 6) is 1.23. The van der Waals surface area contributed by atoms with Crippen molar-refractivity contribution in [3.63, 3.8) is 0 Å². The normalized spacial score (nSPS) is 18.4. The number of nitrogens with one attached hydrogen (secondary N) is 1. The summed E-state index contributed by atoms with van der Waals surface area (Å²) in [6.45, 7) is 3.45. The van der Waals surface area contributed by atoms with Crippen molar-refractivity contribution in [1.82, 2.24) is 19.4 Å². The van der Waals surface area contributed by atoms with Crippen molar-refractivity contribution in [2.45, 2.75) is 37.8 Å². The van der Waals surface area contributed by atoms with Gasteiger partial charge in [0.1, 0.15) is 0 Å². The number of likely N-dealkylation sites (tertiary alicyclic amines) is 2. The quantitative estimate of drug-likeness (QED) is 0.627. The number of nitrogens with zero attached hydrogens (tertiary/aromatic N) is 3. The van der Waals surface area contributed by atoms with Crippen LogP contribution in [0.2, 0.25) is 0 Å². The predicted molar refractivity (Wildman–Crippen MR) is 131 cm³/mol. The maximum Gasteiger partial charge on any atom is 0.326 e. The molecule has 2 aliphatic rings. The lowest BCUT2D eigenvalue weighted by Gasteiger charge is -2.42. The smallest absolute Gasteiger partial charge is 0.326 e. The second-order valence-corrected chi connectivity index (χ2v) is 9.18. The van der Waals surface area contributed by atoms with Crippen LogP contribution < -0.4 is 15.2 Å². The van der Waals surface area contributed by atoms with Gasteiger partial charge in [0.2, 0.25) is 0 Å². The molecule has 3 heterocycles. The van der Waals surface area contributed by atoms with E-state index in [4.69, 9.17) is 9.47 Å². The topological polar surface area (TPSA) is 79.8 Å². The van der Waals surface area contributed by atoms with E-state index < -0.39 is 0 Å². The number of ether oxygens (including phenoxy) is 2. The highest BCUT2D eigenvalue weighted by Crippen LogP contribution is 2.30. The largest absolute Gasteiger partial charge is 0.493 e. The van der Waals surface area contributed by atoms with E-state index in [-0.39, 0.29) is 17.6 Å². The van der Waals surface area contributed by atoms with E-state index in [0.717, 1.165) is 62.9 Å². The molecule has 0 saturated carbocycles. The Kier molecular flexibility index (Phi) is 6.32. The summed E-state index contributed by atoms with van der Waals surface area (Å²) in [6, 6.07) is 14.0. The molecule has 5 rings (SSSR count). The molecule has 1 N–H and O–H groups in total. The van der Waals surface area contributed by atoms with Crippen molar-refractivity contribution in [3.05, 3.63) is 58.5 Å². The Labute approximate surface area is 199 Å². The van der Waals surface area contributed by atoms with Gasteiger partial charge in [0.05, 0.1) is 25.3 Å². The number of carbonyl (C=O) groups is 1. The number of carbonyl (C=O) groups excluding carboxylic acids is 1. The van der Waals surface area contributed by atoms with E-state index in [9.17, 15) is 9.59 Å². The van der Waals surface area contributed by atoms with Crippen LogP contribution in [0.5, 0.6) is 11.5 Å². The number of aromatic nitrogens is 2. The highest BCUT2D eigenvalue weighted by molar-refractivity contribution is 5.95. The Morgan fingerprint density at radius 1 is 0.882 bits per heavy atom. The average Bonchev–Trinajstić information content (AvgIpc) is 3.23. The molecule has 180 valence electrons. The molecule has 0 spiro atoms. The Morgan fingerprint density at radius 3 is 2.26 bits per heavy atom. The third kappa shape index (κ3) is 4.18. The standard InChI is InChI=1S/C26H32N4O4/c1-33-23-8-7-18(17-24(23)34-2)25(31)29-15-9-19(10-16-29)28-13-11-20(12-14-28)30-22-6-4-3-5-21(22)27-26(30)32/h3-8,17,19-20H,9-16H2,1-2H3,(H,27,32). The molecule has 2 aliphatic heterocycles. The third-order valence-corrected chi connectivity index (χ3v) is 7.39. The number of rotatable bonds is 5. The molecule has 8 heteroatoms. The van der Waals surface area contributed by atoms with Crippen molar-refractivity contribution in [2.75, 3.05) is 40.4 Å². The lowest BCUT2D eigenvalue weighted by atomic mass is 9.97. The lowest BCUT2D eigenvalue weighted by molar-refractivity contribution is 0.0557. The number of hydrogen-bond donors (Lipinski definition) is 1. The molecule has 1 aromatic heterocycles. The molecule has 2 saturated heterocycles. The monoisotopic (exact) mass is 464 g/mol. The van der Waals surface area contributed by atoms with Gasteiger partial charge in [-0.05, 0) is 56.0 Å². The fraction of sp³-hybridized carbons (Fsp3) is 0.462. The van der Waals surface area contributed by atoms with E-state index in [1.165, 1.54) is 0 Å². The van der Waals surface area contributed by atoms with E-state index in [1.54, 1.807) is 32.4 Å². The molecule has 3 aromatic rings. The molecule has 2 aromatic carbocycles. The first-order chi connectivity index (χ1) is 16.6. The molecular weight excluding hydrogens is 432 g/mol. The summed E-state index contributed by atoms with van der Waals surface area (Å²) in [4.78, 5) is 33.1. The van der Waals surface area contributed by atoms with Crippen LogP contribution >= 0.6 is 0 Å². The zero-order valence-corrected chi connectivity index (χ0v) is 19.8. The summed E-state index contributed by atoms with van der Waals surface area (Å²) in [6.07, 6.45) is 3.87. The summed E-state index contributed by atoms with van der Waals surface area (Å²) in [5, 5.41) is 0. The third-order valence-electron chi connectivity index (χ3n) is 7.39. The van der Waals surface area contributed by atoms with Gasteiger partial charge in [0.15, 0.2) is 11.5 Å². The van der Waals surface area contributed by atoms with E-state index in [2.05, 4.69) is 9.88 Å². The highest BCUT2D eigenvalue weighted by Gasteiger charge is 2.31. The minimum Gasteiger partial charge on any atom is -0.493 e. The van der Waals surface area contributed by atoms with Crippen molar-refractivity contribution < 1.29 is 14.3 Å². The number of para-hydroxylation sites is 2. The molecule has 0 unspecified atom stereocenters. The van der Waals surface area contributed by atoms with Gasteiger partial charge >= 0.3 is 5.69 Å². The molecular formula is C26H32N4O4. The fourth-order valence-corrected chi connectivity index (χ4v) is 5.53. The maximum absolute atomic E-state index is 13.0. The van der Waals surface area contributed by atoms with Crippen molar-refractivity contribution in [3.8, 4) is 11.5 Å². The average molecular weight is 465 g/mol. The van der Waals surface area contributed by atoms with Crippen molar-refractivity contribution in [2.24, 2.45) is 0 Å². The molecule has 8 nitrogen and oxygen atoms in total. The van der Waals surface area contributed by atoms with Crippen LogP contribution in [0.15, 0.2) is 47.3 Å². The van der Waals surface area contributed by atoms with Crippen LogP contribution in [0.4, 0.5) is 0 Å². The fourth-order valence-electron chi connectivity index (χ4n) is 5.53. The minimum atomic E-state index is -0.0124. The summed E-state index contributed by atoms with van der Waals surface area (Å²) in [7, 11) is 3.17. The Hall–Kier alpha value is -3.26. The predicted octanol–water partition coefficient (Wildman–Crippen LogP) is 3.29. The maximum atomic E-state index is 13.0. The highest BCUT2D eigenvalue weighted by atomic mass is 16.5. The van der Waals surface area contributed by atoms with Gasteiger partial charge in [-0.25, -0.2) is 4.79 Å². The van der Waals surface area contributed by atoms with E-state index in [1.807, 2.05) is 33.7 Å². The summed E-state index contributed by atoms with van der Waals surface area (Å²) >= 11 is 0. The Bertz CT molecular complexity index is 1220. The van der Waals surface area contributed by atoms with E-state index in [0.29, 0.717) is 23.1 Å². The zero-order chi connectivity index (χ0) is 23.7. The first kappa shape index (κ1) is 22.5. The number of methoxy groups -OCH3 is 2. The van der Waals surface area contributed by atoms with Crippen LogP contribution in [0.1, 0.15) is 42.1 Å². The number of H-pyrrole nitrogens is 1. The Morgan fingerprint density at radius 2 is 1.56 bits per heavy atom. The molecule has 0 radical (unpaired) electrons. The van der Waals surface area contributed by atoms with Crippen LogP contribution in [0.25, 0.3) is 11.0 Å². The zero-order valence-electron chi connectivity index (χ0n) is 19.8. The molecule has 2 fully saturated rings. The van der Waals surface area contributed by atoms with Crippen molar-refractivity contribution in [1.29, 1.82) is 0 Å². The van der Waals surface area contributed by atoms with Gasteiger partial charge in [-0.2, -0.15) is 0 Å². The van der Waals surface area contributed by atoms with Gasteiger partial charge in [0, 0.05) is 43.8 Å². The summed E-state index contributed by atoms with van der Waals surface area (Å²) < 4.78 is 12.6. The molecule has 0 aliphatic carbocycles. The van der Waals surface area contributed by atoms with Crippen LogP contribution in [0, 0.1) is 0 Å². The second-order valence-electron chi connectivity index (χ2n) is 9.18. The molecule has 34 heavy (non-hydrogen) atoms. The molecule has 1 amide bonds. The van der Waals surface area contributed by atoms with Crippen LogP contribution in [-0.2, 0) is 0 Å². The van der Waals surface area contributed by atoms with Gasteiger partial charge in [-0.3, -0.25) is 9.36 Å². The number of aromatic amines is 1. The minimum absolute atomic E-state index is 0.0124. The van der Waals surface area contributed by atoms with Gasteiger partial charge in [-0.15, -0.1) is 0 Å². The van der Waals surface area contributed by atoms with Gasteiger partial charge in [-0.1, -0.05) is 12.1 Å². The molecule has 0 bridgehead atoms. The van der Waals surface area contributed by atoms with Crippen molar-refractivity contribution >= 4 is 16.9 Å². The van der Waals surface area contributed by atoms with Crippen LogP contribution in [-0.4, -0.2) is 71.7 Å². The number of imidazole rings is 1. The lowest BCUT2D eigenvalue weighted by Crippen LogP contribution is -2.49.